The van der Waals surface area contributed by atoms with E-state index in [2.05, 4.69) is 22.1 Å². The van der Waals surface area contributed by atoms with Gasteiger partial charge in [0.1, 0.15) is 11.3 Å². The Hall–Kier alpha value is -1.95. The Labute approximate surface area is 137 Å². The highest BCUT2D eigenvalue weighted by Crippen LogP contribution is 2.30. The monoisotopic (exact) mass is 318 g/mol. The van der Waals surface area contributed by atoms with Gasteiger partial charge in [0, 0.05) is 18.5 Å². The molecule has 126 valence electrons. The second kappa shape index (κ2) is 7.55. The number of hydrogen-bond donors (Lipinski definition) is 1. The molecule has 0 radical (unpaired) electrons. The molecule has 0 aliphatic carbocycles. The van der Waals surface area contributed by atoms with Gasteiger partial charge in [0.05, 0.1) is 24.6 Å². The van der Waals surface area contributed by atoms with E-state index in [-0.39, 0.29) is 0 Å². The fourth-order valence-corrected chi connectivity index (χ4v) is 2.49. The van der Waals surface area contributed by atoms with Gasteiger partial charge in [0.2, 0.25) is 0 Å². The molecule has 1 N–H and O–H groups in total. The summed E-state index contributed by atoms with van der Waals surface area (Å²) in [5.41, 5.74) is 0.149. The zero-order valence-electron chi connectivity index (χ0n) is 14.4. The molecule has 0 aromatic carbocycles. The highest BCUT2D eigenvalue weighted by Gasteiger charge is 2.38. The Morgan fingerprint density at radius 1 is 1.30 bits per heavy atom. The average Bonchev–Trinajstić information content (AvgIpc) is 2.54. The van der Waals surface area contributed by atoms with E-state index in [9.17, 15) is 5.11 Å². The van der Waals surface area contributed by atoms with Crippen LogP contribution in [0.5, 0.6) is 5.75 Å². The zero-order valence-corrected chi connectivity index (χ0v) is 14.4. The van der Waals surface area contributed by atoms with Gasteiger partial charge in [0.25, 0.3) is 0 Å². The maximum Gasteiger partial charge on any atom is 0.178 e. The van der Waals surface area contributed by atoms with Crippen molar-refractivity contribution in [1.29, 1.82) is 0 Å². The van der Waals surface area contributed by atoms with Crippen LogP contribution >= 0.6 is 0 Å². The summed E-state index contributed by atoms with van der Waals surface area (Å²) in [7, 11) is 0. The average molecular weight is 318 g/mol. The summed E-state index contributed by atoms with van der Waals surface area (Å²) >= 11 is 0. The number of aromatic nitrogens is 3. The maximum absolute atomic E-state index is 9.85. The zero-order chi connectivity index (χ0) is 16.9. The third kappa shape index (κ3) is 4.07. The van der Waals surface area contributed by atoms with Crippen LogP contribution in [-0.4, -0.2) is 45.6 Å². The predicted octanol–water partition coefficient (Wildman–Crippen LogP) is 2.80. The minimum Gasteiger partial charge on any atom is -0.492 e. The molecule has 3 rings (SSSR count). The molecule has 1 fully saturated rings. The molecule has 2 aromatic rings. The normalized spacial score (nSPS) is 15.6. The molecule has 0 unspecified atom stereocenters. The molecular formula is C17H26N4O2. The number of rotatable bonds is 5. The largest absolute Gasteiger partial charge is 0.492 e. The Morgan fingerprint density at radius 3 is 2.70 bits per heavy atom. The first kappa shape index (κ1) is 17.4. The summed E-state index contributed by atoms with van der Waals surface area (Å²) in [6, 6.07) is 1.94. The van der Waals surface area contributed by atoms with E-state index in [0.717, 1.165) is 35.3 Å². The summed E-state index contributed by atoms with van der Waals surface area (Å²) in [5, 5.41) is 18.9. The number of hydrogen-bond acceptors (Lipinski definition) is 6. The smallest absolute Gasteiger partial charge is 0.178 e. The molecule has 0 amide bonds. The van der Waals surface area contributed by atoms with Gasteiger partial charge in [-0.1, -0.05) is 27.2 Å². The van der Waals surface area contributed by atoms with E-state index >= 15 is 0 Å². The van der Waals surface area contributed by atoms with Crippen LogP contribution in [0, 0.1) is 0 Å². The molecule has 3 heterocycles. The molecule has 0 spiro atoms. The van der Waals surface area contributed by atoms with E-state index in [0.29, 0.717) is 19.7 Å². The van der Waals surface area contributed by atoms with E-state index in [4.69, 9.17) is 4.74 Å². The Bertz CT molecular complexity index is 638. The molecule has 1 aliphatic rings. The Balaban J connectivity index is 0.000000924. The van der Waals surface area contributed by atoms with Gasteiger partial charge in [-0.2, -0.15) is 5.10 Å². The van der Waals surface area contributed by atoms with Crippen LogP contribution in [0.4, 0.5) is 5.82 Å². The molecule has 2 aromatic heterocycles. The van der Waals surface area contributed by atoms with E-state index < -0.39 is 5.60 Å². The third-order valence-electron chi connectivity index (χ3n) is 3.58. The lowest BCUT2D eigenvalue weighted by Gasteiger charge is -2.44. The lowest BCUT2D eigenvalue weighted by molar-refractivity contribution is 0.0306. The van der Waals surface area contributed by atoms with E-state index in [1.165, 1.54) is 0 Å². The number of β-amino-alcohol motifs (C(OH)–C–C–N with tert-alkyl or cyclic N) is 1. The van der Waals surface area contributed by atoms with E-state index in [1.54, 1.807) is 12.4 Å². The van der Waals surface area contributed by atoms with Crippen LogP contribution in [0.2, 0.25) is 0 Å². The first-order valence-corrected chi connectivity index (χ1v) is 8.30. The van der Waals surface area contributed by atoms with Gasteiger partial charge in [-0.25, -0.2) is 4.98 Å². The van der Waals surface area contributed by atoms with Crippen LogP contribution in [0.15, 0.2) is 18.5 Å². The van der Waals surface area contributed by atoms with Crippen LogP contribution in [0.1, 0.15) is 40.5 Å². The highest BCUT2D eigenvalue weighted by atomic mass is 16.5. The van der Waals surface area contributed by atoms with Crippen molar-refractivity contribution in [2.24, 2.45) is 0 Å². The molecule has 0 bridgehead atoms. The fraction of sp³-hybridized carbons (Fsp3) is 0.588. The van der Waals surface area contributed by atoms with Crippen molar-refractivity contribution < 1.29 is 9.84 Å². The quantitative estimate of drug-likeness (QED) is 0.855. The number of unbranched alkanes of at least 4 members (excludes halogenated alkanes) is 1. The van der Waals surface area contributed by atoms with Crippen LogP contribution in [-0.2, 0) is 0 Å². The number of aliphatic hydroxyl groups is 1. The molecule has 0 atom stereocenters. The van der Waals surface area contributed by atoms with Gasteiger partial charge in [-0.3, -0.25) is 0 Å². The number of fused-ring (bicyclic) bond motifs is 1. The van der Waals surface area contributed by atoms with Gasteiger partial charge < -0.3 is 14.7 Å². The minimum atomic E-state index is -0.646. The van der Waals surface area contributed by atoms with Crippen LogP contribution in [0.3, 0.4) is 0 Å². The molecule has 0 saturated carbocycles. The molecule has 23 heavy (non-hydrogen) atoms. The Kier molecular flexibility index (Phi) is 5.71. The van der Waals surface area contributed by atoms with Gasteiger partial charge >= 0.3 is 0 Å². The molecule has 6 heteroatoms. The third-order valence-corrected chi connectivity index (χ3v) is 3.58. The van der Waals surface area contributed by atoms with Crippen molar-refractivity contribution in [2.75, 3.05) is 24.6 Å². The van der Waals surface area contributed by atoms with Crippen molar-refractivity contribution in [3.63, 3.8) is 0 Å². The molecule has 6 nitrogen and oxygen atoms in total. The number of anilines is 1. The number of pyridine rings is 1. The number of nitrogens with zero attached hydrogens (tertiary/aromatic N) is 4. The lowest BCUT2D eigenvalue weighted by atomic mass is 9.97. The Morgan fingerprint density at radius 2 is 2.04 bits per heavy atom. The van der Waals surface area contributed by atoms with E-state index in [1.807, 2.05) is 31.7 Å². The van der Waals surface area contributed by atoms with Gasteiger partial charge in [0.15, 0.2) is 5.82 Å². The lowest BCUT2D eigenvalue weighted by Crippen LogP contribution is -2.60. The maximum atomic E-state index is 9.85. The summed E-state index contributed by atoms with van der Waals surface area (Å²) in [4.78, 5) is 6.45. The number of ether oxygens (including phenoxy) is 1. The van der Waals surface area contributed by atoms with Crippen LogP contribution in [0.25, 0.3) is 10.9 Å². The molecule has 1 saturated heterocycles. The molecule has 1 aliphatic heterocycles. The van der Waals surface area contributed by atoms with Gasteiger partial charge in [-0.15, -0.1) is 5.10 Å². The van der Waals surface area contributed by atoms with Crippen molar-refractivity contribution in [3.05, 3.63) is 18.5 Å². The van der Waals surface area contributed by atoms with Crippen molar-refractivity contribution >= 4 is 16.7 Å². The topological polar surface area (TPSA) is 71.4 Å². The second-order valence-electron chi connectivity index (χ2n) is 5.83. The first-order valence-electron chi connectivity index (χ1n) is 8.30. The van der Waals surface area contributed by atoms with Crippen molar-refractivity contribution in [1.82, 2.24) is 15.2 Å². The minimum absolute atomic E-state index is 0.553. The summed E-state index contributed by atoms with van der Waals surface area (Å²) in [5.74, 6) is 1.48. The highest BCUT2D eigenvalue weighted by molar-refractivity contribution is 5.88. The predicted molar refractivity (Wildman–Crippen MR) is 91.9 cm³/mol. The summed E-state index contributed by atoms with van der Waals surface area (Å²) in [6.45, 7) is 9.75. The van der Waals surface area contributed by atoms with Gasteiger partial charge in [-0.05, 0) is 19.4 Å². The van der Waals surface area contributed by atoms with Crippen molar-refractivity contribution in [3.8, 4) is 5.75 Å². The SMILES string of the molecule is CC.CCCCOc1cnc2c(N3CC(C)(O)C3)nncc2c1. The molecular weight excluding hydrogens is 292 g/mol. The summed E-state index contributed by atoms with van der Waals surface area (Å²) < 4.78 is 5.66. The standard InChI is InChI=1S/C15H20N4O2.C2H6/c1-3-4-5-21-12-6-11-7-17-18-14(13(11)16-8-12)19-9-15(2,20)10-19;1-2/h6-8,20H,3-5,9-10H2,1-2H3;1-2H3. The van der Waals surface area contributed by atoms with Crippen molar-refractivity contribution in [2.45, 2.75) is 46.1 Å². The summed E-state index contributed by atoms with van der Waals surface area (Å²) in [6.07, 6.45) is 5.55. The van der Waals surface area contributed by atoms with Crippen LogP contribution < -0.4 is 9.64 Å². The fourth-order valence-electron chi connectivity index (χ4n) is 2.49. The second-order valence-corrected chi connectivity index (χ2v) is 5.83. The first-order chi connectivity index (χ1) is 11.1.